The predicted octanol–water partition coefficient (Wildman–Crippen LogP) is -1.25. The van der Waals surface area contributed by atoms with E-state index in [4.69, 9.17) is 20.6 Å². The first-order chi connectivity index (χ1) is 6.72. The summed E-state index contributed by atoms with van der Waals surface area (Å²) in [4.78, 5) is 40.8. The first-order valence-electron chi connectivity index (χ1n) is 3.65. The highest BCUT2D eigenvalue weighted by Crippen LogP contribution is 2.35. The first kappa shape index (κ1) is 14.0. The van der Waals surface area contributed by atoms with Crippen LogP contribution in [-0.2, 0) is 23.7 Å². The fourth-order valence-corrected chi connectivity index (χ4v) is 0.714. The van der Waals surface area contributed by atoms with Gasteiger partial charge in [-0.15, -0.1) is 0 Å². The number of aliphatic carboxylic acids is 1. The number of carboxylic acid groups (broad SMARTS) is 1. The zero-order chi connectivity index (χ0) is 12.1. The number of carbonyl (C=O) groups excluding carboxylic acids is 1. The van der Waals surface area contributed by atoms with Gasteiger partial charge in [0.1, 0.15) is 6.04 Å². The van der Waals surface area contributed by atoms with Gasteiger partial charge in [-0.2, -0.15) is 0 Å². The summed E-state index contributed by atoms with van der Waals surface area (Å²) >= 11 is 0. The van der Waals surface area contributed by atoms with E-state index in [-0.39, 0.29) is 12.8 Å². The molecule has 0 rings (SSSR count). The van der Waals surface area contributed by atoms with Crippen molar-refractivity contribution in [2.75, 3.05) is 0 Å². The van der Waals surface area contributed by atoms with Crippen molar-refractivity contribution in [3.63, 3.8) is 0 Å². The van der Waals surface area contributed by atoms with Gasteiger partial charge in [0.2, 0.25) is 0 Å². The molecule has 0 aliphatic heterocycles. The second-order valence-corrected chi connectivity index (χ2v) is 3.64. The van der Waals surface area contributed by atoms with E-state index in [1.807, 2.05) is 0 Å². The molecule has 0 aromatic rings. The zero-order valence-electron chi connectivity index (χ0n) is 7.40. The lowest BCUT2D eigenvalue weighted by molar-refractivity contribution is -0.224. The van der Waals surface area contributed by atoms with Crippen LogP contribution in [0.4, 0.5) is 0 Å². The number of phosphoric acid groups is 1. The summed E-state index contributed by atoms with van der Waals surface area (Å²) in [7, 11) is -4.91. The fourth-order valence-electron chi connectivity index (χ4n) is 0.544. The molecule has 0 amide bonds. The Labute approximate surface area is 84.0 Å². The van der Waals surface area contributed by atoms with Gasteiger partial charge >= 0.3 is 19.8 Å². The fraction of sp³-hybridized carbons (Fsp3) is 0.600. The molecule has 0 saturated heterocycles. The Morgan fingerprint density at radius 2 is 1.93 bits per heavy atom. The van der Waals surface area contributed by atoms with Crippen LogP contribution in [0.25, 0.3) is 0 Å². The minimum atomic E-state index is -4.91. The number of hydrogen-bond donors (Lipinski definition) is 4. The molecule has 0 aromatic heterocycles. The maximum atomic E-state index is 10.8. The highest BCUT2D eigenvalue weighted by atomic mass is 31.2. The average Bonchev–Trinajstić information content (AvgIpc) is 2.08. The molecule has 0 bridgehead atoms. The van der Waals surface area contributed by atoms with Gasteiger partial charge in [-0.25, -0.2) is 9.36 Å². The van der Waals surface area contributed by atoms with Gasteiger partial charge in [-0.1, -0.05) is 4.67 Å². The van der Waals surface area contributed by atoms with E-state index in [0.717, 1.165) is 0 Å². The number of rotatable bonds is 6. The maximum absolute atomic E-state index is 10.8. The highest BCUT2D eigenvalue weighted by Gasteiger charge is 2.23. The Kier molecular flexibility index (Phi) is 5.40. The van der Waals surface area contributed by atoms with E-state index < -0.39 is 25.8 Å². The summed E-state index contributed by atoms with van der Waals surface area (Å²) in [6, 6.07) is -1.31. The van der Waals surface area contributed by atoms with Crippen LogP contribution >= 0.6 is 7.82 Å². The lowest BCUT2D eigenvalue weighted by Gasteiger charge is -2.08. The predicted molar refractivity (Wildman–Crippen MR) is 44.1 cm³/mol. The molecule has 0 aromatic carbocycles. The molecular weight excluding hydrogens is 233 g/mol. The lowest BCUT2D eigenvalue weighted by atomic mass is 10.2. The number of carbonyl (C=O) groups is 2. The molecule has 0 aliphatic carbocycles. The normalized spacial score (nSPS) is 13.3. The zero-order valence-corrected chi connectivity index (χ0v) is 8.29. The molecule has 1 atom stereocenters. The van der Waals surface area contributed by atoms with Crippen molar-refractivity contribution in [2.45, 2.75) is 18.9 Å². The second-order valence-electron chi connectivity index (χ2n) is 2.51. The molecule has 1 unspecified atom stereocenters. The molecule has 0 radical (unpaired) electrons. The van der Waals surface area contributed by atoms with Gasteiger partial charge in [-0.3, -0.25) is 9.68 Å². The van der Waals surface area contributed by atoms with Crippen molar-refractivity contribution in [3.05, 3.63) is 0 Å². The third kappa shape index (κ3) is 8.03. The van der Waals surface area contributed by atoms with Gasteiger partial charge < -0.3 is 20.6 Å². The second kappa shape index (κ2) is 5.79. The van der Waals surface area contributed by atoms with Crippen LogP contribution in [0.1, 0.15) is 12.8 Å². The van der Waals surface area contributed by atoms with Crippen molar-refractivity contribution >= 4 is 19.8 Å². The van der Waals surface area contributed by atoms with E-state index in [9.17, 15) is 14.2 Å². The maximum Gasteiger partial charge on any atom is 0.505 e. The molecule has 0 fully saturated rings. The average molecular weight is 243 g/mol. The summed E-state index contributed by atoms with van der Waals surface area (Å²) in [5.74, 6) is -2.41. The van der Waals surface area contributed by atoms with Gasteiger partial charge in [0.05, 0.1) is 0 Å². The molecular formula is C5H10NO8P. The third-order valence-electron chi connectivity index (χ3n) is 1.19. The highest BCUT2D eigenvalue weighted by molar-refractivity contribution is 7.46. The summed E-state index contributed by atoms with van der Waals surface area (Å²) in [6.07, 6.45) is -0.592. The van der Waals surface area contributed by atoms with E-state index in [2.05, 4.69) is 9.56 Å². The van der Waals surface area contributed by atoms with E-state index >= 15 is 0 Å². The number of hydrogen-bond acceptors (Lipinski definition) is 6. The van der Waals surface area contributed by atoms with Crippen LogP contribution in [0.2, 0.25) is 0 Å². The van der Waals surface area contributed by atoms with Crippen LogP contribution in [0, 0.1) is 0 Å². The molecule has 0 heterocycles. The van der Waals surface area contributed by atoms with Gasteiger partial charge in [0.25, 0.3) is 0 Å². The molecule has 0 saturated carbocycles. The summed E-state index contributed by atoms with van der Waals surface area (Å²) in [5.41, 5.74) is 5.12. The van der Waals surface area contributed by atoms with E-state index in [1.165, 1.54) is 0 Å². The Morgan fingerprint density at radius 3 is 2.33 bits per heavy atom. The Bertz CT molecular complexity index is 285. The molecule has 10 heteroatoms. The minimum absolute atomic E-state index is 0.224. The summed E-state index contributed by atoms with van der Waals surface area (Å²) < 4.78 is 13.5. The molecule has 9 nitrogen and oxygen atoms in total. The van der Waals surface area contributed by atoms with Crippen LogP contribution in [0.3, 0.4) is 0 Å². The smallest absolute Gasteiger partial charge is 0.481 e. The topological polar surface area (TPSA) is 156 Å². The summed E-state index contributed by atoms with van der Waals surface area (Å²) in [5, 5.41) is 8.24. The molecule has 15 heavy (non-hydrogen) atoms. The van der Waals surface area contributed by atoms with Crippen molar-refractivity contribution in [3.8, 4) is 0 Å². The Hall–Kier alpha value is -0.990. The standard InChI is InChI=1S/C5H10NO8P/c6-3(1-2-4(7)8)5(9)13-14-15(10,11)12/h3H,1-2,6H2,(H,7,8)(H2,10,11,12). The molecule has 5 N–H and O–H groups in total. The Balaban J connectivity index is 3.89. The number of carboxylic acids is 1. The minimum Gasteiger partial charge on any atom is -0.481 e. The van der Waals surface area contributed by atoms with Crippen molar-refractivity contribution in [2.24, 2.45) is 5.73 Å². The monoisotopic (exact) mass is 243 g/mol. The third-order valence-corrected chi connectivity index (χ3v) is 1.46. The van der Waals surface area contributed by atoms with Crippen LogP contribution in [-0.4, -0.2) is 32.9 Å². The number of nitrogens with two attached hydrogens (primary N) is 1. The molecule has 0 aliphatic rings. The quantitative estimate of drug-likeness (QED) is 0.254. The van der Waals surface area contributed by atoms with Crippen LogP contribution in [0.5, 0.6) is 0 Å². The van der Waals surface area contributed by atoms with Crippen molar-refractivity contribution in [1.29, 1.82) is 0 Å². The SMILES string of the molecule is NC(CCC(=O)O)C(=O)OOP(=O)(O)O. The lowest BCUT2D eigenvalue weighted by Crippen LogP contribution is -2.32. The van der Waals surface area contributed by atoms with Crippen LogP contribution < -0.4 is 5.73 Å². The Morgan fingerprint density at radius 1 is 1.40 bits per heavy atom. The largest absolute Gasteiger partial charge is 0.505 e. The van der Waals surface area contributed by atoms with Crippen LogP contribution in [0.15, 0.2) is 0 Å². The summed E-state index contributed by atoms with van der Waals surface area (Å²) in [6.45, 7) is 0. The first-order valence-corrected chi connectivity index (χ1v) is 5.18. The molecule has 0 spiro atoms. The van der Waals surface area contributed by atoms with Gasteiger partial charge in [-0.05, 0) is 6.42 Å². The van der Waals surface area contributed by atoms with Gasteiger partial charge in [0, 0.05) is 6.42 Å². The van der Waals surface area contributed by atoms with E-state index in [0.29, 0.717) is 0 Å². The van der Waals surface area contributed by atoms with Crippen molar-refractivity contribution in [1.82, 2.24) is 0 Å². The van der Waals surface area contributed by atoms with Crippen molar-refractivity contribution < 1.29 is 38.6 Å². The van der Waals surface area contributed by atoms with E-state index in [1.54, 1.807) is 0 Å². The molecule has 88 valence electrons. The van der Waals surface area contributed by atoms with Gasteiger partial charge in [0.15, 0.2) is 0 Å².